The molecule has 2 N–H and O–H groups in total. The van der Waals surface area contributed by atoms with Crippen molar-refractivity contribution in [3.63, 3.8) is 0 Å². The molecule has 0 aliphatic carbocycles. The van der Waals surface area contributed by atoms with Crippen molar-refractivity contribution in [2.75, 3.05) is 18.4 Å². The normalized spacial score (nSPS) is 9.89. The summed E-state index contributed by atoms with van der Waals surface area (Å²) in [6.07, 6.45) is 1.98. The Morgan fingerprint density at radius 3 is 3.00 bits per heavy atom. The fraction of sp³-hybridized carbons (Fsp3) is 0.462. The largest absolute Gasteiger partial charge is 0.368 e. The molecule has 0 aliphatic rings. The molecule has 1 aromatic heterocycles. The van der Waals surface area contributed by atoms with Gasteiger partial charge in [-0.15, -0.1) is 0 Å². The van der Waals surface area contributed by atoms with Gasteiger partial charge in [-0.2, -0.15) is 5.26 Å². The van der Waals surface area contributed by atoms with E-state index in [4.69, 9.17) is 5.26 Å². The zero-order valence-corrected chi connectivity index (χ0v) is 10.7. The lowest BCUT2D eigenvalue weighted by molar-refractivity contribution is -0.120. The molecule has 1 amide bonds. The minimum atomic E-state index is 0.00522. The molecule has 0 aliphatic heterocycles. The fourth-order valence-electron chi connectivity index (χ4n) is 1.34. The van der Waals surface area contributed by atoms with Gasteiger partial charge in [0.05, 0.1) is 5.56 Å². The molecule has 96 valence electrons. The summed E-state index contributed by atoms with van der Waals surface area (Å²) in [5.74, 6) is 0.977. The molecule has 1 aromatic rings. The highest BCUT2D eigenvalue weighted by Crippen LogP contribution is 2.08. The van der Waals surface area contributed by atoms with E-state index < -0.39 is 0 Å². The van der Waals surface area contributed by atoms with Crippen molar-refractivity contribution in [3.05, 3.63) is 23.9 Å². The Hall–Kier alpha value is -2.09. The van der Waals surface area contributed by atoms with E-state index in [1.807, 2.05) is 19.9 Å². The van der Waals surface area contributed by atoms with Gasteiger partial charge in [-0.05, 0) is 18.1 Å². The fourth-order valence-corrected chi connectivity index (χ4v) is 1.34. The lowest BCUT2D eigenvalue weighted by Gasteiger charge is -2.09. The molecule has 0 aromatic carbocycles. The molecule has 0 fully saturated rings. The minimum Gasteiger partial charge on any atom is -0.368 e. The first-order valence-corrected chi connectivity index (χ1v) is 5.99. The summed E-state index contributed by atoms with van der Waals surface area (Å²) in [7, 11) is 0. The standard InChI is InChI=1S/C13H18N4O/c1-10(2)9-17-12(18)5-7-16-13-11(8-14)4-3-6-15-13/h3-4,6,10H,5,7,9H2,1-2H3,(H,15,16)(H,17,18). The monoisotopic (exact) mass is 246 g/mol. The number of hydrogen-bond donors (Lipinski definition) is 2. The van der Waals surface area contributed by atoms with Crippen LogP contribution in [0.25, 0.3) is 0 Å². The summed E-state index contributed by atoms with van der Waals surface area (Å²) in [6.45, 7) is 5.25. The van der Waals surface area contributed by atoms with E-state index in [0.29, 0.717) is 36.8 Å². The zero-order valence-electron chi connectivity index (χ0n) is 10.7. The molecular weight excluding hydrogens is 228 g/mol. The molecule has 0 bridgehead atoms. The molecule has 0 saturated heterocycles. The molecule has 0 unspecified atom stereocenters. The van der Waals surface area contributed by atoms with Gasteiger partial charge in [0.25, 0.3) is 0 Å². The van der Waals surface area contributed by atoms with Crippen LogP contribution in [0, 0.1) is 17.2 Å². The first kappa shape index (κ1) is 14.0. The second-order valence-corrected chi connectivity index (χ2v) is 4.39. The molecule has 0 radical (unpaired) electrons. The van der Waals surface area contributed by atoms with E-state index in [9.17, 15) is 4.79 Å². The average molecular weight is 246 g/mol. The van der Waals surface area contributed by atoms with Crippen molar-refractivity contribution in [2.24, 2.45) is 5.92 Å². The van der Waals surface area contributed by atoms with Crippen LogP contribution in [0.1, 0.15) is 25.8 Å². The molecule has 1 rings (SSSR count). The number of pyridine rings is 1. The smallest absolute Gasteiger partial charge is 0.221 e. The van der Waals surface area contributed by atoms with Crippen LogP contribution >= 0.6 is 0 Å². The van der Waals surface area contributed by atoms with Gasteiger partial charge < -0.3 is 10.6 Å². The highest BCUT2D eigenvalue weighted by molar-refractivity contribution is 5.76. The van der Waals surface area contributed by atoms with Crippen molar-refractivity contribution in [1.82, 2.24) is 10.3 Å². The van der Waals surface area contributed by atoms with Gasteiger partial charge in [-0.25, -0.2) is 4.98 Å². The third kappa shape index (κ3) is 4.83. The highest BCUT2D eigenvalue weighted by Gasteiger charge is 2.04. The Balaban J connectivity index is 2.33. The second-order valence-electron chi connectivity index (χ2n) is 4.39. The van der Waals surface area contributed by atoms with Crippen molar-refractivity contribution >= 4 is 11.7 Å². The summed E-state index contributed by atoms with van der Waals surface area (Å²) in [6, 6.07) is 5.44. The first-order valence-electron chi connectivity index (χ1n) is 5.99. The zero-order chi connectivity index (χ0) is 13.4. The molecule has 1 heterocycles. The lowest BCUT2D eigenvalue weighted by Crippen LogP contribution is -2.28. The maximum absolute atomic E-state index is 11.5. The van der Waals surface area contributed by atoms with Crippen LogP contribution in [-0.2, 0) is 4.79 Å². The van der Waals surface area contributed by atoms with Crippen LogP contribution < -0.4 is 10.6 Å². The number of aromatic nitrogens is 1. The van der Waals surface area contributed by atoms with Crippen LogP contribution in [0.4, 0.5) is 5.82 Å². The SMILES string of the molecule is CC(C)CNC(=O)CCNc1ncccc1C#N. The summed E-state index contributed by atoms with van der Waals surface area (Å²) in [5, 5.41) is 14.7. The third-order valence-electron chi connectivity index (χ3n) is 2.28. The van der Waals surface area contributed by atoms with Gasteiger partial charge in [-0.1, -0.05) is 13.8 Å². The molecule has 18 heavy (non-hydrogen) atoms. The molecule has 5 nitrogen and oxygen atoms in total. The summed E-state index contributed by atoms with van der Waals surface area (Å²) in [5.41, 5.74) is 0.486. The topological polar surface area (TPSA) is 77.8 Å². The van der Waals surface area contributed by atoms with Crippen LogP contribution in [0.15, 0.2) is 18.3 Å². The average Bonchev–Trinajstić information content (AvgIpc) is 2.37. The molecule has 0 saturated carbocycles. The Bertz CT molecular complexity index is 437. The van der Waals surface area contributed by atoms with Gasteiger partial charge in [0.15, 0.2) is 0 Å². The highest BCUT2D eigenvalue weighted by atomic mass is 16.1. The van der Waals surface area contributed by atoms with Crippen LogP contribution in [0.3, 0.4) is 0 Å². The van der Waals surface area contributed by atoms with E-state index in [-0.39, 0.29) is 5.91 Å². The summed E-state index contributed by atoms with van der Waals surface area (Å²) >= 11 is 0. The number of carbonyl (C=O) groups is 1. The van der Waals surface area contributed by atoms with E-state index in [2.05, 4.69) is 15.6 Å². The Kier molecular flexibility index (Phi) is 5.65. The van der Waals surface area contributed by atoms with Gasteiger partial charge in [0.2, 0.25) is 5.91 Å². The number of amides is 1. The van der Waals surface area contributed by atoms with Gasteiger partial charge in [0.1, 0.15) is 11.9 Å². The predicted octanol–water partition coefficient (Wildman–Crippen LogP) is 1.53. The number of nitrogens with zero attached hydrogens (tertiary/aromatic N) is 2. The van der Waals surface area contributed by atoms with Gasteiger partial charge in [-0.3, -0.25) is 4.79 Å². The number of nitriles is 1. The summed E-state index contributed by atoms with van der Waals surface area (Å²) < 4.78 is 0. The Morgan fingerprint density at radius 2 is 2.33 bits per heavy atom. The van der Waals surface area contributed by atoms with Crippen LogP contribution in [0.5, 0.6) is 0 Å². The molecule has 5 heteroatoms. The van der Waals surface area contributed by atoms with Crippen molar-refractivity contribution < 1.29 is 4.79 Å². The maximum atomic E-state index is 11.5. The number of anilines is 1. The number of hydrogen-bond acceptors (Lipinski definition) is 4. The van der Waals surface area contributed by atoms with E-state index in [0.717, 1.165) is 0 Å². The van der Waals surface area contributed by atoms with Gasteiger partial charge >= 0.3 is 0 Å². The van der Waals surface area contributed by atoms with E-state index >= 15 is 0 Å². The molecule has 0 atom stereocenters. The minimum absolute atomic E-state index is 0.00522. The quantitative estimate of drug-likeness (QED) is 0.798. The molecular formula is C13H18N4O. The third-order valence-corrected chi connectivity index (χ3v) is 2.28. The van der Waals surface area contributed by atoms with E-state index in [1.165, 1.54) is 0 Å². The number of nitrogens with one attached hydrogen (secondary N) is 2. The van der Waals surface area contributed by atoms with Crippen LogP contribution in [0.2, 0.25) is 0 Å². The Morgan fingerprint density at radius 1 is 1.56 bits per heavy atom. The summed E-state index contributed by atoms with van der Waals surface area (Å²) in [4.78, 5) is 15.5. The van der Waals surface area contributed by atoms with Crippen molar-refractivity contribution in [3.8, 4) is 6.07 Å². The first-order chi connectivity index (χ1) is 8.63. The van der Waals surface area contributed by atoms with Crippen LogP contribution in [-0.4, -0.2) is 24.0 Å². The number of carbonyl (C=O) groups excluding carboxylic acids is 1. The Labute approximate surface area is 107 Å². The number of rotatable bonds is 6. The van der Waals surface area contributed by atoms with Gasteiger partial charge in [0, 0.05) is 25.7 Å². The lowest BCUT2D eigenvalue weighted by atomic mass is 10.2. The second kappa shape index (κ2) is 7.28. The van der Waals surface area contributed by atoms with E-state index in [1.54, 1.807) is 18.3 Å². The molecule has 0 spiro atoms. The predicted molar refractivity (Wildman–Crippen MR) is 69.9 cm³/mol. The van der Waals surface area contributed by atoms with Crippen molar-refractivity contribution in [1.29, 1.82) is 5.26 Å². The van der Waals surface area contributed by atoms with Crippen molar-refractivity contribution in [2.45, 2.75) is 20.3 Å². The maximum Gasteiger partial charge on any atom is 0.221 e.